The Balaban J connectivity index is 1.80. The molecule has 0 saturated heterocycles. The topological polar surface area (TPSA) is 45.2 Å². The van der Waals surface area contributed by atoms with E-state index in [0.29, 0.717) is 5.56 Å². The van der Waals surface area contributed by atoms with E-state index in [0.717, 1.165) is 28.2 Å². The third-order valence-corrected chi connectivity index (χ3v) is 4.55. The second-order valence-electron chi connectivity index (χ2n) is 6.31. The molecule has 4 rings (SSSR count). The van der Waals surface area contributed by atoms with Gasteiger partial charge in [0.2, 0.25) is 0 Å². The summed E-state index contributed by atoms with van der Waals surface area (Å²) >= 11 is 0. The lowest BCUT2D eigenvalue weighted by Crippen LogP contribution is -2.32. The molecule has 0 fully saturated rings. The number of hydrogen-bond donors (Lipinski definition) is 1. The Labute approximate surface area is 147 Å². The molecule has 0 saturated carbocycles. The maximum Gasteiger partial charge on any atom is 0.262 e. The Morgan fingerprint density at radius 3 is 2.48 bits per heavy atom. The van der Waals surface area contributed by atoms with Crippen molar-refractivity contribution in [3.63, 3.8) is 0 Å². The molecule has 2 aromatic carbocycles. The van der Waals surface area contributed by atoms with Crippen LogP contribution >= 0.6 is 0 Å². The summed E-state index contributed by atoms with van der Waals surface area (Å²) < 4.78 is 0. The van der Waals surface area contributed by atoms with Gasteiger partial charge in [0.1, 0.15) is 0 Å². The van der Waals surface area contributed by atoms with Crippen LogP contribution in [0.25, 0.3) is 0 Å². The Morgan fingerprint density at radius 2 is 1.72 bits per heavy atom. The third-order valence-electron chi connectivity index (χ3n) is 4.55. The number of fused-ring (bicyclic) bond motifs is 1. The number of aryl methyl sites for hydroxylation is 2. The average molecular weight is 329 g/mol. The molecular formula is C21H19N3O. The van der Waals surface area contributed by atoms with Crippen LogP contribution < -0.4 is 10.2 Å². The molecule has 1 atom stereocenters. The van der Waals surface area contributed by atoms with E-state index in [1.165, 1.54) is 0 Å². The first-order valence-electron chi connectivity index (χ1n) is 8.32. The Kier molecular flexibility index (Phi) is 3.73. The van der Waals surface area contributed by atoms with Crippen molar-refractivity contribution < 1.29 is 4.79 Å². The Morgan fingerprint density at radius 1 is 0.960 bits per heavy atom. The summed E-state index contributed by atoms with van der Waals surface area (Å²) in [7, 11) is 0. The molecule has 3 aromatic rings. The van der Waals surface area contributed by atoms with Gasteiger partial charge in [-0.1, -0.05) is 35.9 Å². The van der Waals surface area contributed by atoms with Crippen molar-refractivity contribution in [2.75, 3.05) is 10.2 Å². The molecule has 4 nitrogen and oxygen atoms in total. The number of carbonyl (C=O) groups is 1. The fourth-order valence-electron chi connectivity index (χ4n) is 3.17. The number of nitrogens with one attached hydrogen (secondary N) is 1. The number of anilines is 2. The predicted molar refractivity (Wildman–Crippen MR) is 99.8 cm³/mol. The molecule has 1 N–H and O–H groups in total. The molecule has 1 aliphatic rings. The molecule has 124 valence electrons. The van der Waals surface area contributed by atoms with Crippen molar-refractivity contribution in [2.45, 2.75) is 20.0 Å². The lowest BCUT2D eigenvalue weighted by molar-refractivity contribution is 0.0993. The molecule has 0 radical (unpaired) electrons. The number of rotatable bonds is 3. The zero-order chi connectivity index (χ0) is 17.4. The van der Waals surface area contributed by atoms with E-state index in [-0.39, 0.29) is 12.1 Å². The number of hydrogen-bond acceptors (Lipinski definition) is 3. The molecule has 2 heterocycles. The SMILES string of the molecule is Cc1ccc(N2C(=O)c3cccnc3[C@@H]2Nc2ccccc2C)cc1. The van der Waals surface area contributed by atoms with E-state index in [1.807, 2.05) is 55.5 Å². The van der Waals surface area contributed by atoms with Gasteiger partial charge >= 0.3 is 0 Å². The van der Waals surface area contributed by atoms with Crippen LogP contribution in [-0.2, 0) is 0 Å². The molecule has 0 bridgehead atoms. The zero-order valence-corrected chi connectivity index (χ0v) is 14.2. The van der Waals surface area contributed by atoms with Crippen molar-refractivity contribution in [2.24, 2.45) is 0 Å². The highest BCUT2D eigenvalue weighted by molar-refractivity contribution is 6.11. The molecule has 1 aliphatic heterocycles. The number of benzene rings is 2. The van der Waals surface area contributed by atoms with E-state index in [1.54, 1.807) is 17.2 Å². The largest absolute Gasteiger partial charge is 0.360 e. The zero-order valence-electron chi connectivity index (χ0n) is 14.2. The molecule has 0 aliphatic carbocycles. The number of nitrogens with zero attached hydrogens (tertiary/aromatic N) is 2. The van der Waals surface area contributed by atoms with Gasteiger partial charge in [-0.15, -0.1) is 0 Å². The molecular weight excluding hydrogens is 310 g/mol. The fourth-order valence-corrected chi connectivity index (χ4v) is 3.17. The van der Waals surface area contributed by atoms with Crippen molar-refractivity contribution in [3.05, 3.63) is 89.2 Å². The highest BCUT2D eigenvalue weighted by Gasteiger charge is 2.39. The van der Waals surface area contributed by atoms with Gasteiger partial charge in [0, 0.05) is 17.6 Å². The second kappa shape index (κ2) is 6.06. The van der Waals surface area contributed by atoms with Crippen LogP contribution in [0.2, 0.25) is 0 Å². The fraction of sp³-hybridized carbons (Fsp3) is 0.143. The van der Waals surface area contributed by atoms with E-state index in [2.05, 4.69) is 23.3 Å². The summed E-state index contributed by atoms with van der Waals surface area (Å²) in [6.45, 7) is 4.09. The normalized spacial score (nSPS) is 16.0. The summed E-state index contributed by atoms with van der Waals surface area (Å²) in [5, 5.41) is 3.50. The number of aromatic nitrogens is 1. The van der Waals surface area contributed by atoms with Gasteiger partial charge in [0.05, 0.1) is 11.3 Å². The first-order chi connectivity index (χ1) is 12.1. The van der Waals surface area contributed by atoms with Crippen molar-refractivity contribution >= 4 is 17.3 Å². The van der Waals surface area contributed by atoms with Gasteiger partial charge < -0.3 is 5.32 Å². The summed E-state index contributed by atoms with van der Waals surface area (Å²) in [4.78, 5) is 19.3. The third kappa shape index (κ3) is 2.66. The number of pyridine rings is 1. The van der Waals surface area contributed by atoms with Crippen LogP contribution in [0.15, 0.2) is 66.9 Å². The van der Waals surface area contributed by atoms with Crippen molar-refractivity contribution in [1.82, 2.24) is 4.98 Å². The molecule has 1 aromatic heterocycles. The number of carbonyl (C=O) groups excluding carboxylic acids is 1. The predicted octanol–water partition coefficient (Wildman–Crippen LogP) is 4.47. The van der Waals surface area contributed by atoms with Crippen molar-refractivity contribution in [3.8, 4) is 0 Å². The minimum Gasteiger partial charge on any atom is -0.360 e. The maximum atomic E-state index is 13.0. The van der Waals surface area contributed by atoms with Gasteiger partial charge in [0.15, 0.2) is 6.17 Å². The van der Waals surface area contributed by atoms with E-state index in [9.17, 15) is 4.79 Å². The van der Waals surface area contributed by atoms with Gasteiger partial charge in [-0.3, -0.25) is 14.7 Å². The van der Waals surface area contributed by atoms with E-state index >= 15 is 0 Å². The van der Waals surface area contributed by atoms with Crippen LogP contribution in [0.4, 0.5) is 11.4 Å². The maximum absolute atomic E-state index is 13.0. The highest BCUT2D eigenvalue weighted by Crippen LogP contribution is 2.37. The molecule has 25 heavy (non-hydrogen) atoms. The Bertz CT molecular complexity index is 934. The lowest BCUT2D eigenvalue weighted by Gasteiger charge is -2.27. The molecule has 0 unspecified atom stereocenters. The molecule has 1 amide bonds. The summed E-state index contributed by atoms with van der Waals surface area (Å²) in [5.74, 6) is -0.0296. The smallest absolute Gasteiger partial charge is 0.262 e. The van der Waals surface area contributed by atoms with Crippen LogP contribution in [0.1, 0.15) is 33.3 Å². The average Bonchev–Trinajstić information content (AvgIpc) is 2.90. The summed E-state index contributed by atoms with van der Waals surface area (Å²) in [5.41, 5.74) is 5.55. The second-order valence-corrected chi connectivity index (χ2v) is 6.31. The highest BCUT2D eigenvalue weighted by atomic mass is 16.2. The van der Waals surface area contributed by atoms with Crippen LogP contribution in [0, 0.1) is 13.8 Å². The van der Waals surface area contributed by atoms with E-state index in [4.69, 9.17) is 0 Å². The first kappa shape index (κ1) is 15.4. The van der Waals surface area contributed by atoms with Crippen LogP contribution in [0.3, 0.4) is 0 Å². The van der Waals surface area contributed by atoms with E-state index < -0.39 is 0 Å². The van der Waals surface area contributed by atoms with Crippen LogP contribution in [-0.4, -0.2) is 10.9 Å². The molecule has 4 heteroatoms. The number of para-hydroxylation sites is 1. The lowest BCUT2D eigenvalue weighted by atomic mass is 10.1. The Hall–Kier alpha value is -3.14. The van der Waals surface area contributed by atoms with Crippen LogP contribution in [0.5, 0.6) is 0 Å². The standard InChI is InChI=1S/C21H19N3O/c1-14-9-11-16(12-10-14)24-20(23-18-8-4-3-6-15(18)2)19-17(21(24)25)7-5-13-22-19/h3-13,20,23H,1-2H3/t20-/m1/s1. The summed E-state index contributed by atoms with van der Waals surface area (Å²) in [6, 6.07) is 19.7. The quantitative estimate of drug-likeness (QED) is 0.771. The van der Waals surface area contributed by atoms with Gasteiger partial charge in [-0.05, 0) is 49.7 Å². The minimum absolute atomic E-state index is 0.0296. The van der Waals surface area contributed by atoms with Gasteiger partial charge in [-0.25, -0.2) is 0 Å². The van der Waals surface area contributed by atoms with Crippen molar-refractivity contribution in [1.29, 1.82) is 0 Å². The van der Waals surface area contributed by atoms with Gasteiger partial charge in [-0.2, -0.15) is 0 Å². The monoisotopic (exact) mass is 329 g/mol. The number of amides is 1. The first-order valence-corrected chi connectivity index (χ1v) is 8.32. The summed E-state index contributed by atoms with van der Waals surface area (Å²) in [6.07, 6.45) is 1.41. The minimum atomic E-state index is -0.326. The van der Waals surface area contributed by atoms with Gasteiger partial charge in [0.25, 0.3) is 5.91 Å². The molecule has 0 spiro atoms.